The van der Waals surface area contributed by atoms with Gasteiger partial charge >= 0.3 is 0 Å². The third-order valence-corrected chi connectivity index (χ3v) is 7.86. The standard InChI is InChI=1S/C27H34N8O/c1-7-20(12-28)11-21(30-6)35-16-27(9-8-10-27)22-23(31-17-32-24(22)35)33-13-19(3)34(14-18(33)2)25(36)26(4,5)15-29/h7,11,17-19H,6,8-10,13-14,16H2,1-5H3/b20-7+,21-11+/t18-,19+/m0/s1. The van der Waals surface area contributed by atoms with Gasteiger partial charge in [0.15, 0.2) is 0 Å². The number of hydrogen-bond donors (Lipinski definition) is 0. The zero-order valence-electron chi connectivity index (χ0n) is 21.8. The highest BCUT2D eigenvalue weighted by atomic mass is 16.2. The maximum absolute atomic E-state index is 13.1. The molecule has 36 heavy (non-hydrogen) atoms. The van der Waals surface area contributed by atoms with Gasteiger partial charge in [0.25, 0.3) is 0 Å². The fourth-order valence-electron chi connectivity index (χ4n) is 5.56. The zero-order chi connectivity index (χ0) is 26.3. The third-order valence-electron chi connectivity index (χ3n) is 7.86. The Labute approximate surface area is 213 Å². The van der Waals surface area contributed by atoms with Crippen LogP contribution in [0.3, 0.4) is 0 Å². The molecule has 1 aromatic heterocycles. The number of aliphatic imine (C=N–C) groups is 1. The van der Waals surface area contributed by atoms with Gasteiger partial charge in [-0.2, -0.15) is 10.5 Å². The van der Waals surface area contributed by atoms with Crippen molar-refractivity contribution in [1.29, 1.82) is 10.5 Å². The average molecular weight is 487 g/mol. The van der Waals surface area contributed by atoms with Gasteiger partial charge in [-0.05, 0) is 60.3 Å². The van der Waals surface area contributed by atoms with Crippen molar-refractivity contribution < 1.29 is 4.79 Å². The monoisotopic (exact) mass is 486 g/mol. The summed E-state index contributed by atoms with van der Waals surface area (Å²) in [5, 5.41) is 18.9. The molecule has 0 N–H and O–H groups in total. The molecule has 0 aromatic carbocycles. The predicted molar refractivity (Wildman–Crippen MR) is 139 cm³/mol. The summed E-state index contributed by atoms with van der Waals surface area (Å²) in [5.74, 6) is 2.19. The Morgan fingerprint density at radius 2 is 1.92 bits per heavy atom. The Hall–Kier alpha value is -3.72. The highest BCUT2D eigenvalue weighted by Crippen LogP contribution is 2.55. The van der Waals surface area contributed by atoms with Crippen LogP contribution in [0.2, 0.25) is 0 Å². The lowest BCUT2D eigenvalue weighted by molar-refractivity contribution is -0.140. The van der Waals surface area contributed by atoms with E-state index in [4.69, 9.17) is 4.98 Å². The molecule has 3 aliphatic rings. The van der Waals surface area contributed by atoms with E-state index in [1.807, 2.05) is 18.7 Å². The molecule has 3 heterocycles. The van der Waals surface area contributed by atoms with E-state index in [9.17, 15) is 15.3 Å². The second-order valence-corrected chi connectivity index (χ2v) is 10.7. The van der Waals surface area contributed by atoms with Crippen molar-refractivity contribution in [3.05, 3.63) is 35.4 Å². The normalized spacial score (nSPS) is 23.6. The molecule has 1 aromatic rings. The number of rotatable bonds is 5. The van der Waals surface area contributed by atoms with Crippen LogP contribution in [0.25, 0.3) is 0 Å². The van der Waals surface area contributed by atoms with Crippen molar-refractivity contribution in [3.63, 3.8) is 0 Å². The van der Waals surface area contributed by atoms with Crippen LogP contribution in [0.1, 0.15) is 59.4 Å². The SMILES string of the molecule is C=N/C(=C\C(C#N)=C/C)N1CC2(CCC2)c2c1ncnc2N1C[C@@H](C)N(C(=O)C(C)(C)C#N)C[C@@H]1C. The zero-order valence-corrected chi connectivity index (χ0v) is 21.8. The van der Waals surface area contributed by atoms with Crippen molar-refractivity contribution >= 4 is 24.3 Å². The Bertz CT molecular complexity index is 1210. The summed E-state index contributed by atoms with van der Waals surface area (Å²) in [7, 11) is 0. The van der Waals surface area contributed by atoms with Crippen LogP contribution in [0.5, 0.6) is 0 Å². The smallest absolute Gasteiger partial charge is 0.242 e. The number of piperazine rings is 1. The molecule has 4 rings (SSSR count). The molecule has 1 aliphatic carbocycles. The lowest BCUT2D eigenvalue weighted by atomic mass is 9.66. The Morgan fingerprint density at radius 1 is 1.22 bits per heavy atom. The molecule has 0 bridgehead atoms. The summed E-state index contributed by atoms with van der Waals surface area (Å²) >= 11 is 0. The van der Waals surface area contributed by atoms with Gasteiger partial charge in [-0.3, -0.25) is 4.79 Å². The van der Waals surface area contributed by atoms with Crippen LogP contribution in [-0.4, -0.2) is 59.2 Å². The first kappa shape index (κ1) is 25.4. The number of nitrogens with zero attached hydrogens (tertiary/aromatic N) is 8. The molecule has 1 saturated carbocycles. The second-order valence-electron chi connectivity index (χ2n) is 10.7. The number of nitriles is 2. The van der Waals surface area contributed by atoms with Crippen LogP contribution in [-0.2, 0) is 10.2 Å². The van der Waals surface area contributed by atoms with Crippen LogP contribution in [0, 0.1) is 28.1 Å². The van der Waals surface area contributed by atoms with Gasteiger partial charge < -0.3 is 14.7 Å². The molecule has 0 radical (unpaired) electrons. The van der Waals surface area contributed by atoms with Crippen molar-refractivity contribution in [2.24, 2.45) is 10.4 Å². The van der Waals surface area contributed by atoms with Crippen molar-refractivity contribution in [1.82, 2.24) is 14.9 Å². The van der Waals surface area contributed by atoms with Crippen molar-refractivity contribution in [2.75, 3.05) is 29.4 Å². The Kier molecular flexibility index (Phi) is 6.62. The van der Waals surface area contributed by atoms with Gasteiger partial charge in [0.05, 0.1) is 17.7 Å². The number of carbonyl (C=O) groups is 1. The van der Waals surface area contributed by atoms with Gasteiger partial charge in [-0.1, -0.05) is 12.5 Å². The molecule has 9 nitrogen and oxygen atoms in total. The first-order valence-corrected chi connectivity index (χ1v) is 12.5. The largest absolute Gasteiger partial charge is 0.350 e. The van der Waals surface area contributed by atoms with Crippen LogP contribution in [0.4, 0.5) is 11.6 Å². The first-order chi connectivity index (χ1) is 17.1. The van der Waals surface area contributed by atoms with Gasteiger partial charge in [-0.25, -0.2) is 15.0 Å². The van der Waals surface area contributed by atoms with Gasteiger partial charge in [0.2, 0.25) is 5.91 Å². The molecule has 188 valence electrons. The Morgan fingerprint density at radius 3 is 2.47 bits per heavy atom. The van der Waals surface area contributed by atoms with E-state index in [1.165, 1.54) is 0 Å². The minimum Gasteiger partial charge on any atom is -0.350 e. The second kappa shape index (κ2) is 9.39. The lowest BCUT2D eigenvalue weighted by Gasteiger charge is -2.47. The van der Waals surface area contributed by atoms with Crippen LogP contribution < -0.4 is 9.80 Å². The predicted octanol–water partition coefficient (Wildman–Crippen LogP) is 3.71. The van der Waals surface area contributed by atoms with Crippen LogP contribution in [0.15, 0.2) is 34.9 Å². The molecule has 0 unspecified atom stereocenters. The van der Waals surface area contributed by atoms with E-state index in [1.54, 1.807) is 32.3 Å². The van der Waals surface area contributed by atoms with Gasteiger partial charge in [0, 0.05) is 42.7 Å². The summed E-state index contributed by atoms with van der Waals surface area (Å²) in [4.78, 5) is 33.0. The number of carbonyl (C=O) groups excluding carboxylic acids is 1. The maximum atomic E-state index is 13.1. The molecule has 1 amide bonds. The number of amides is 1. The van der Waals surface area contributed by atoms with E-state index in [0.717, 1.165) is 43.0 Å². The van der Waals surface area contributed by atoms with E-state index in [2.05, 4.69) is 45.6 Å². The number of aromatic nitrogens is 2. The Balaban J connectivity index is 1.73. The number of hydrogen-bond acceptors (Lipinski definition) is 8. The van der Waals surface area contributed by atoms with Crippen LogP contribution >= 0.6 is 0 Å². The lowest BCUT2D eigenvalue weighted by Crippen LogP contribution is -2.60. The van der Waals surface area contributed by atoms with E-state index in [0.29, 0.717) is 24.5 Å². The minimum absolute atomic E-state index is 0.0191. The molecule has 2 atom stereocenters. The summed E-state index contributed by atoms with van der Waals surface area (Å²) in [5.41, 5.74) is 0.516. The summed E-state index contributed by atoms with van der Waals surface area (Å²) in [6.07, 6.45) is 8.31. The topological polar surface area (TPSA) is 113 Å². The minimum atomic E-state index is -1.06. The third kappa shape index (κ3) is 4.03. The fraction of sp³-hybridized carbons (Fsp3) is 0.556. The molecular formula is C27H34N8O. The molecule has 2 fully saturated rings. The molecular weight excluding hydrogens is 452 g/mol. The number of anilines is 2. The molecule has 9 heteroatoms. The van der Waals surface area contributed by atoms with Crippen molar-refractivity contribution in [2.45, 2.75) is 71.4 Å². The van der Waals surface area contributed by atoms with Gasteiger partial charge in [0.1, 0.15) is 29.2 Å². The highest BCUT2D eigenvalue weighted by molar-refractivity contribution is 5.85. The summed E-state index contributed by atoms with van der Waals surface area (Å²) in [6, 6.07) is 4.29. The number of allylic oxidation sites excluding steroid dienone is 3. The maximum Gasteiger partial charge on any atom is 0.242 e. The summed E-state index contributed by atoms with van der Waals surface area (Å²) in [6.45, 7) is 14.9. The first-order valence-electron chi connectivity index (χ1n) is 12.5. The van der Waals surface area contributed by atoms with Crippen molar-refractivity contribution in [3.8, 4) is 12.1 Å². The molecule has 1 spiro atoms. The van der Waals surface area contributed by atoms with E-state index in [-0.39, 0.29) is 23.4 Å². The van der Waals surface area contributed by atoms with E-state index >= 15 is 0 Å². The quantitative estimate of drug-likeness (QED) is 0.354. The fourth-order valence-corrected chi connectivity index (χ4v) is 5.56. The van der Waals surface area contributed by atoms with Gasteiger partial charge in [-0.15, -0.1) is 0 Å². The summed E-state index contributed by atoms with van der Waals surface area (Å²) < 4.78 is 0. The van der Waals surface area contributed by atoms with E-state index < -0.39 is 5.41 Å². The molecule has 1 saturated heterocycles. The molecule has 2 aliphatic heterocycles. The highest BCUT2D eigenvalue weighted by Gasteiger charge is 2.52. The average Bonchev–Trinajstić information content (AvgIpc) is 3.22. The number of fused-ring (bicyclic) bond motifs is 2.